The number of rotatable bonds is 24. The zero-order valence-corrected chi connectivity index (χ0v) is 70.0. The molecule has 10 nitrogen and oxygen atoms in total. The Labute approximate surface area is 677 Å². The maximum atomic E-state index is 9.09. The normalized spacial score (nSPS) is 12.2. The summed E-state index contributed by atoms with van der Waals surface area (Å²) in [6.45, 7) is 22.5. The molecule has 0 saturated heterocycles. The molecule has 0 bridgehead atoms. The van der Waals surface area contributed by atoms with Crippen LogP contribution in [0.2, 0.25) is 0 Å². The first-order chi connectivity index (χ1) is 53.0. The molecule has 0 heterocycles. The van der Waals surface area contributed by atoms with Gasteiger partial charge in [-0.3, -0.25) is 0 Å². The molecule has 0 aromatic heterocycles. The van der Waals surface area contributed by atoms with Gasteiger partial charge < -0.3 is 48.1 Å². The first kappa shape index (κ1) is 82.4. The summed E-state index contributed by atoms with van der Waals surface area (Å²) in [5.41, 5.74) is 18.8. The standard InChI is InChI=1S/C29H26O4.C29H26O2.C19H20Br4O2.C10H14O2.C8H10/c30-17-19-32-23-13-9-21(10-14-23)29(22-11-15-24(16-12-22)33-20-18-31)27-7-3-1-5-25(27)26-6-2-4-8-28(26)29;1-3-30-23-17-13-21(14-18-23)29(22-15-19-24(20-16-22)31-4-2)27-11-7-5-9-25(27)26-10-6-8-12-28(26)29;1-5-24-17-13(20)7-11(8-14(17)21)19(3,4)12-9-15(22)18(25-6-2)16(23)10-12;1-3-8-12-10-7-5-4-6-9(10)11-2;1-7-3-5-8(2)6-4-7/h1-16,30-31H,17-20H2;5-20H,3-4H2,1-2H3;7-10H,5-6H2,1-4H3;4-7H,3,8H2,1-2H3;3-6H,1-2H3. The van der Waals surface area contributed by atoms with Gasteiger partial charge in [-0.25, -0.2) is 0 Å². The molecule has 564 valence electrons. The summed E-state index contributed by atoms with van der Waals surface area (Å²) in [6.07, 6.45) is 1.01. The van der Waals surface area contributed by atoms with E-state index in [0.29, 0.717) is 26.4 Å². The van der Waals surface area contributed by atoms with Crippen LogP contribution in [-0.2, 0) is 16.2 Å². The highest BCUT2D eigenvalue weighted by Crippen LogP contribution is 2.58. The Kier molecular flexibility index (Phi) is 29.8. The topological polar surface area (TPSA) is 114 Å². The minimum absolute atomic E-state index is 0.0167. The van der Waals surface area contributed by atoms with E-state index in [2.05, 4.69) is 317 Å². The lowest BCUT2D eigenvalue weighted by atomic mass is 9.68. The van der Waals surface area contributed by atoms with Crippen LogP contribution < -0.4 is 37.9 Å². The van der Waals surface area contributed by atoms with Crippen LogP contribution in [0.3, 0.4) is 0 Å². The number of hydrogen-bond donors (Lipinski definition) is 2. The molecule has 0 saturated carbocycles. The molecule has 12 aromatic carbocycles. The second kappa shape index (κ2) is 39.5. The molecule has 0 aliphatic heterocycles. The van der Waals surface area contributed by atoms with Crippen molar-refractivity contribution >= 4 is 63.7 Å². The van der Waals surface area contributed by atoms with Crippen LogP contribution in [0, 0.1) is 13.8 Å². The molecule has 0 unspecified atom stereocenters. The number of halogens is 4. The number of methoxy groups -OCH3 is 1. The van der Waals surface area contributed by atoms with Gasteiger partial charge in [0.05, 0.1) is 82.1 Å². The van der Waals surface area contributed by atoms with Crippen LogP contribution in [-0.4, -0.2) is 76.8 Å². The molecule has 0 radical (unpaired) electrons. The molecule has 0 atom stereocenters. The predicted molar refractivity (Wildman–Crippen MR) is 458 cm³/mol. The van der Waals surface area contributed by atoms with E-state index < -0.39 is 5.41 Å². The van der Waals surface area contributed by atoms with E-state index in [4.69, 9.17) is 48.1 Å². The maximum Gasteiger partial charge on any atom is 0.161 e. The van der Waals surface area contributed by atoms with E-state index in [-0.39, 0.29) is 37.3 Å². The highest BCUT2D eigenvalue weighted by Gasteiger charge is 2.47. The van der Waals surface area contributed by atoms with Crippen LogP contribution in [0.1, 0.15) is 122 Å². The van der Waals surface area contributed by atoms with Crippen molar-refractivity contribution in [3.8, 4) is 68.2 Å². The Hall–Kier alpha value is -9.12. The van der Waals surface area contributed by atoms with Gasteiger partial charge in [-0.05, 0) is 275 Å². The fourth-order valence-electron chi connectivity index (χ4n) is 14.1. The molecule has 0 spiro atoms. The average Bonchev–Trinajstić information content (AvgIpc) is 1.55. The second-order valence-electron chi connectivity index (χ2n) is 26.5. The minimum atomic E-state index is -0.488. The lowest BCUT2D eigenvalue weighted by Crippen LogP contribution is -2.28. The summed E-state index contributed by atoms with van der Waals surface area (Å²) in [7, 11) is 1.65. The molecular formula is C95H96Br4O10. The molecule has 109 heavy (non-hydrogen) atoms. The molecule has 0 amide bonds. The van der Waals surface area contributed by atoms with E-state index in [9.17, 15) is 0 Å². The lowest BCUT2D eigenvalue weighted by Gasteiger charge is -2.34. The van der Waals surface area contributed by atoms with E-state index in [1.807, 2.05) is 76.2 Å². The third kappa shape index (κ3) is 18.9. The van der Waals surface area contributed by atoms with E-state index in [1.54, 1.807) is 7.11 Å². The number of aliphatic hydroxyl groups excluding tert-OH is 2. The van der Waals surface area contributed by atoms with E-state index in [1.165, 1.54) is 77.9 Å². The van der Waals surface area contributed by atoms with Crippen LogP contribution in [0.4, 0.5) is 0 Å². The van der Waals surface area contributed by atoms with Gasteiger partial charge in [0.1, 0.15) is 47.7 Å². The zero-order chi connectivity index (χ0) is 77.5. The van der Waals surface area contributed by atoms with Crippen LogP contribution in [0.25, 0.3) is 22.3 Å². The van der Waals surface area contributed by atoms with Gasteiger partial charge in [0.2, 0.25) is 0 Å². The molecule has 14 heteroatoms. The smallest absolute Gasteiger partial charge is 0.161 e. The minimum Gasteiger partial charge on any atom is -0.494 e. The summed E-state index contributed by atoms with van der Waals surface area (Å²) in [6, 6.07) is 92.8. The third-order valence-corrected chi connectivity index (χ3v) is 21.5. The first-order valence-corrected chi connectivity index (χ1v) is 40.2. The van der Waals surface area contributed by atoms with Crippen molar-refractivity contribution in [2.75, 3.05) is 66.6 Å². The number of benzene rings is 12. The van der Waals surface area contributed by atoms with Crippen LogP contribution in [0.15, 0.2) is 285 Å². The SMILES string of the molecule is CCCOc1ccccc1OC.CCOc1c(Br)cc(C(C)(C)c2cc(Br)c(OCC)c(Br)c2)cc1Br.CCOc1ccc(C2(c3ccc(OCC)cc3)c3ccccc3-c3ccccc32)cc1.Cc1ccc(C)cc1.OCCOc1ccc(C2(c3ccc(OCCO)cc3)c3ccccc3-c3ccccc32)cc1. The van der Waals surface area contributed by atoms with E-state index in [0.717, 1.165) is 88.0 Å². The van der Waals surface area contributed by atoms with Gasteiger partial charge >= 0.3 is 0 Å². The number of ether oxygens (including phenoxy) is 8. The van der Waals surface area contributed by atoms with Crippen molar-refractivity contribution < 1.29 is 48.1 Å². The number of aliphatic hydroxyl groups is 2. The number of fused-ring (bicyclic) bond motifs is 6. The fraction of sp³-hybridized carbons (Fsp3) is 0.242. The van der Waals surface area contributed by atoms with Crippen molar-refractivity contribution in [1.82, 2.24) is 0 Å². The largest absolute Gasteiger partial charge is 0.494 e. The molecule has 0 fully saturated rings. The van der Waals surface area contributed by atoms with Gasteiger partial charge in [-0.15, -0.1) is 0 Å². The first-order valence-electron chi connectivity index (χ1n) is 37.0. The molecular weight excluding hydrogens is 1620 g/mol. The highest BCUT2D eigenvalue weighted by molar-refractivity contribution is 9.11. The van der Waals surface area contributed by atoms with Crippen molar-refractivity contribution in [2.24, 2.45) is 0 Å². The van der Waals surface area contributed by atoms with Crippen molar-refractivity contribution in [3.05, 3.63) is 352 Å². The van der Waals surface area contributed by atoms with Gasteiger partial charge in [-0.2, -0.15) is 0 Å². The van der Waals surface area contributed by atoms with Crippen molar-refractivity contribution in [1.29, 1.82) is 0 Å². The fourth-order valence-corrected chi connectivity index (χ4v) is 16.9. The Morgan fingerprint density at radius 3 is 0.872 bits per heavy atom. The predicted octanol–water partition coefficient (Wildman–Crippen LogP) is 24.3. The van der Waals surface area contributed by atoms with Gasteiger partial charge in [0.25, 0.3) is 0 Å². The van der Waals surface area contributed by atoms with Crippen LogP contribution in [0.5, 0.6) is 46.0 Å². The van der Waals surface area contributed by atoms with E-state index >= 15 is 0 Å². The van der Waals surface area contributed by atoms with Gasteiger partial charge in [0.15, 0.2) is 11.5 Å². The highest BCUT2D eigenvalue weighted by atomic mass is 79.9. The Morgan fingerprint density at radius 2 is 0.596 bits per heavy atom. The Balaban J connectivity index is 0.000000155. The summed E-state index contributed by atoms with van der Waals surface area (Å²) in [5, 5.41) is 18.2. The quantitative estimate of drug-likeness (QED) is 0.0606. The molecule has 14 rings (SSSR count). The zero-order valence-electron chi connectivity index (χ0n) is 63.6. The number of hydrogen-bond acceptors (Lipinski definition) is 10. The molecule has 2 N–H and O–H groups in total. The number of para-hydroxylation sites is 2. The summed E-state index contributed by atoms with van der Waals surface area (Å²) in [5.74, 6) is 6.53. The average molecular weight is 1720 g/mol. The summed E-state index contributed by atoms with van der Waals surface area (Å²) < 4.78 is 48.4. The lowest BCUT2D eigenvalue weighted by molar-refractivity contribution is 0.201. The third-order valence-electron chi connectivity index (χ3n) is 19.2. The van der Waals surface area contributed by atoms with Crippen molar-refractivity contribution in [2.45, 2.75) is 85.0 Å². The number of aryl methyl sites for hydroxylation is 2. The second-order valence-corrected chi connectivity index (χ2v) is 29.9. The maximum absolute atomic E-state index is 9.09. The Bertz CT molecular complexity index is 4560. The van der Waals surface area contributed by atoms with Gasteiger partial charge in [-0.1, -0.05) is 214 Å². The molecule has 12 aromatic rings. The Morgan fingerprint density at radius 1 is 0.321 bits per heavy atom. The van der Waals surface area contributed by atoms with Crippen LogP contribution >= 0.6 is 63.7 Å². The van der Waals surface area contributed by atoms with Gasteiger partial charge in [0, 0.05) is 5.41 Å². The summed E-state index contributed by atoms with van der Waals surface area (Å²) in [4.78, 5) is 0. The monoisotopic (exact) mass is 1710 g/mol. The van der Waals surface area contributed by atoms with Crippen molar-refractivity contribution in [3.63, 3.8) is 0 Å². The summed E-state index contributed by atoms with van der Waals surface area (Å²) >= 11 is 14.5. The molecule has 2 aliphatic carbocycles. The molecule has 2 aliphatic rings.